The predicted molar refractivity (Wildman–Crippen MR) is 107 cm³/mol. The van der Waals surface area contributed by atoms with Gasteiger partial charge in [-0.15, -0.1) is 0 Å². The number of carbonyl (C=O) groups excluding carboxylic acids is 2. The van der Waals surface area contributed by atoms with Crippen LogP contribution in [0.3, 0.4) is 0 Å². The van der Waals surface area contributed by atoms with Gasteiger partial charge < -0.3 is 14.8 Å². The van der Waals surface area contributed by atoms with E-state index in [0.717, 1.165) is 36.6 Å². The number of H-pyrrole nitrogens is 1. The summed E-state index contributed by atoms with van der Waals surface area (Å²) in [6.45, 7) is 7.75. The van der Waals surface area contributed by atoms with Crippen molar-refractivity contribution in [3.05, 3.63) is 35.0 Å². The van der Waals surface area contributed by atoms with Crippen molar-refractivity contribution in [2.24, 2.45) is 0 Å². The Kier molecular flexibility index (Phi) is 4.49. The molecule has 1 N–H and O–H groups in total. The molecule has 4 rings (SSSR count). The molecule has 2 aliphatic rings. The van der Waals surface area contributed by atoms with Gasteiger partial charge in [0.25, 0.3) is 5.91 Å². The monoisotopic (exact) mass is 367 g/mol. The zero-order chi connectivity index (χ0) is 19.2. The number of rotatable bonds is 1. The number of piperazine rings is 1. The Labute approximate surface area is 160 Å². The molecule has 1 saturated carbocycles. The number of fused-ring (bicyclic) bond motifs is 1. The summed E-state index contributed by atoms with van der Waals surface area (Å²) in [5, 5.41) is 1.12. The lowest BCUT2D eigenvalue weighted by atomic mass is 9.78. The molecule has 1 aromatic carbocycles. The summed E-state index contributed by atoms with van der Waals surface area (Å²) >= 11 is 0. The van der Waals surface area contributed by atoms with E-state index in [1.807, 2.05) is 21.9 Å². The van der Waals surface area contributed by atoms with Gasteiger partial charge in [0, 0.05) is 37.5 Å². The SMILES string of the molecule is CC(=O)N1CCN(C(=O)c2cc3c(C)c(C)ccc3[nH]2)CC12CCCCC2. The number of benzene rings is 1. The minimum Gasteiger partial charge on any atom is -0.351 e. The van der Waals surface area contributed by atoms with Crippen molar-refractivity contribution in [3.63, 3.8) is 0 Å². The van der Waals surface area contributed by atoms with Crippen LogP contribution in [0.1, 0.15) is 60.6 Å². The summed E-state index contributed by atoms with van der Waals surface area (Å²) in [5.74, 6) is 0.192. The van der Waals surface area contributed by atoms with E-state index < -0.39 is 0 Å². The number of aryl methyl sites for hydroxylation is 2. The van der Waals surface area contributed by atoms with Gasteiger partial charge in [-0.1, -0.05) is 25.3 Å². The van der Waals surface area contributed by atoms with E-state index in [0.29, 0.717) is 25.3 Å². The van der Waals surface area contributed by atoms with Crippen molar-refractivity contribution in [1.82, 2.24) is 14.8 Å². The van der Waals surface area contributed by atoms with Gasteiger partial charge in [0.15, 0.2) is 0 Å². The molecular formula is C22H29N3O2. The average Bonchev–Trinajstić information content (AvgIpc) is 3.09. The van der Waals surface area contributed by atoms with E-state index in [-0.39, 0.29) is 17.4 Å². The van der Waals surface area contributed by atoms with Crippen LogP contribution in [0.25, 0.3) is 10.9 Å². The van der Waals surface area contributed by atoms with Crippen LogP contribution >= 0.6 is 0 Å². The Balaban J connectivity index is 1.62. The average molecular weight is 367 g/mol. The van der Waals surface area contributed by atoms with Gasteiger partial charge in [-0.2, -0.15) is 0 Å². The van der Waals surface area contributed by atoms with Gasteiger partial charge in [0.1, 0.15) is 5.69 Å². The van der Waals surface area contributed by atoms with Crippen LogP contribution in [0.2, 0.25) is 0 Å². The van der Waals surface area contributed by atoms with Gasteiger partial charge in [-0.3, -0.25) is 9.59 Å². The van der Waals surface area contributed by atoms with Crippen molar-refractivity contribution in [2.45, 2.75) is 58.4 Å². The highest BCUT2D eigenvalue weighted by Gasteiger charge is 2.44. The van der Waals surface area contributed by atoms with E-state index in [9.17, 15) is 9.59 Å². The maximum atomic E-state index is 13.3. The van der Waals surface area contributed by atoms with Crippen LogP contribution in [0, 0.1) is 13.8 Å². The summed E-state index contributed by atoms with van der Waals surface area (Å²) in [7, 11) is 0. The number of hydrogen-bond acceptors (Lipinski definition) is 2. The summed E-state index contributed by atoms with van der Waals surface area (Å²) in [5.41, 5.74) is 3.94. The number of nitrogens with one attached hydrogen (secondary N) is 1. The topological polar surface area (TPSA) is 56.4 Å². The highest BCUT2D eigenvalue weighted by molar-refractivity contribution is 5.99. The number of hydrogen-bond donors (Lipinski definition) is 1. The molecule has 5 nitrogen and oxygen atoms in total. The summed E-state index contributed by atoms with van der Waals surface area (Å²) in [6, 6.07) is 6.13. The second-order valence-corrected chi connectivity index (χ2v) is 8.33. The summed E-state index contributed by atoms with van der Waals surface area (Å²) in [4.78, 5) is 32.8. The van der Waals surface area contributed by atoms with Gasteiger partial charge in [-0.05, 0) is 49.9 Å². The van der Waals surface area contributed by atoms with E-state index in [4.69, 9.17) is 0 Å². The Bertz CT molecular complexity index is 892. The van der Waals surface area contributed by atoms with E-state index in [1.54, 1.807) is 6.92 Å². The molecule has 27 heavy (non-hydrogen) atoms. The molecular weight excluding hydrogens is 338 g/mol. The molecule has 1 saturated heterocycles. The molecule has 1 aromatic heterocycles. The first kappa shape index (κ1) is 18.1. The Morgan fingerprint density at radius 2 is 1.81 bits per heavy atom. The first-order valence-corrected chi connectivity index (χ1v) is 10.1. The first-order chi connectivity index (χ1) is 12.9. The van der Waals surface area contributed by atoms with Crippen molar-refractivity contribution >= 4 is 22.7 Å². The molecule has 2 fully saturated rings. The zero-order valence-corrected chi connectivity index (χ0v) is 16.6. The second kappa shape index (κ2) is 6.70. The molecule has 1 spiro atoms. The molecule has 0 radical (unpaired) electrons. The molecule has 2 aromatic rings. The number of nitrogens with zero attached hydrogens (tertiary/aromatic N) is 2. The van der Waals surface area contributed by atoms with Crippen LogP contribution in [0.4, 0.5) is 0 Å². The first-order valence-electron chi connectivity index (χ1n) is 10.1. The number of aromatic nitrogens is 1. The lowest BCUT2D eigenvalue weighted by Gasteiger charge is -2.52. The predicted octanol–water partition coefficient (Wildman–Crippen LogP) is 3.79. The van der Waals surface area contributed by atoms with Crippen LogP contribution in [0.15, 0.2) is 18.2 Å². The third-order valence-corrected chi connectivity index (χ3v) is 6.68. The Morgan fingerprint density at radius 1 is 1.07 bits per heavy atom. The van der Waals surface area contributed by atoms with Gasteiger partial charge in [0.2, 0.25) is 5.91 Å². The van der Waals surface area contributed by atoms with E-state index >= 15 is 0 Å². The maximum absolute atomic E-state index is 13.3. The highest BCUT2D eigenvalue weighted by atomic mass is 16.2. The molecule has 2 amide bonds. The molecule has 0 unspecified atom stereocenters. The summed E-state index contributed by atoms with van der Waals surface area (Å²) < 4.78 is 0. The third-order valence-electron chi connectivity index (χ3n) is 6.68. The van der Waals surface area contributed by atoms with Crippen LogP contribution in [-0.2, 0) is 4.79 Å². The summed E-state index contributed by atoms with van der Waals surface area (Å²) in [6.07, 6.45) is 5.50. The number of aromatic amines is 1. The quantitative estimate of drug-likeness (QED) is 0.834. The van der Waals surface area contributed by atoms with Gasteiger partial charge in [-0.25, -0.2) is 0 Å². The minimum absolute atomic E-state index is 0.0522. The Morgan fingerprint density at radius 3 is 2.52 bits per heavy atom. The molecule has 1 aliphatic heterocycles. The zero-order valence-electron chi connectivity index (χ0n) is 16.6. The molecule has 0 bridgehead atoms. The van der Waals surface area contributed by atoms with Crippen molar-refractivity contribution in [2.75, 3.05) is 19.6 Å². The molecule has 2 heterocycles. The number of carbonyl (C=O) groups is 2. The smallest absolute Gasteiger partial charge is 0.270 e. The van der Waals surface area contributed by atoms with E-state index in [2.05, 4.69) is 24.9 Å². The van der Waals surface area contributed by atoms with Gasteiger partial charge >= 0.3 is 0 Å². The fourth-order valence-electron chi connectivity index (χ4n) is 5.02. The fraction of sp³-hybridized carbons (Fsp3) is 0.545. The van der Waals surface area contributed by atoms with Crippen LogP contribution < -0.4 is 0 Å². The van der Waals surface area contributed by atoms with Crippen LogP contribution in [-0.4, -0.2) is 51.8 Å². The highest BCUT2D eigenvalue weighted by Crippen LogP contribution is 2.37. The molecule has 144 valence electrons. The van der Waals surface area contributed by atoms with Crippen molar-refractivity contribution < 1.29 is 9.59 Å². The van der Waals surface area contributed by atoms with Crippen molar-refractivity contribution in [3.8, 4) is 0 Å². The molecule has 5 heteroatoms. The lowest BCUT2D eigenvalue weighted by Crippen LogP contribution is -2.65. The van der Waals surface area contributed by atoms with Crippen molar-refractivity contribution in [1.29, 1.82) is 0 Å². The fourth-order valence-corrected chi connectivity index (χ4v) is 5.02. The van der Waals surface area contributed by atoms with Crippen LogP contribution in [0.5, 0.6) is 0 Å². The van der Waals surface area contributed by atoms with Gasteiger partial charge in [0.05, 0.1) is 5.54 Å². The maximum Gasteiger partial charge on any atom is 0.270 e. The number of amides is 2. The molecule has 1 aliphatic carbocycles. The molecule has 0 atom stereocenters. The largest absolute Gasteiger partial charge is 0.351 e. The minimum atomic E-state index is -0.170. The lowest BCUT2D eigenvalue weighted by molar-refractivity contribution is -0.141. The standard InChI is InChI=1S/C22H29N3O2/c1-15-7-8-19-18(16(15)2)13-20(23-19)21(27)24-11-12-25(17(3)26)22(14-24)9-5-4-6-10-22/h7-8,13,23H,4-6,9-12,14H2,1-3H3. The Hall–Kier alpha value is -2.30. The third kappa shape index (κ3) is 3.03. The second-order valence-electron chi connectivity index (χ2n) is 8.33. The normalized spacial score (nSPS) is 19.7. The van der Waals surface area contributed by atoms with E-state index in [1.165, 1.54) is 17.5 Å².